The number of rotatable bonds is 5. The van der Waals surface area contributed by atoms with Crippen LogP contribution in [0.25, 0.3) is 0 Å². The third-order valence-electron chi connectivity index (χ3n) is 3.87. The van der Waals surface area contributed by atoms with Crippen LogP contribution in [0.2, 0.25) is 0 Å². The quantitative estimate of drug-likeness (QED) is 0.782. The highest BCUT2D eigenvalue weighted by Crippen LogP contribution is 2.34. The first-order valence-electron chi connectivity index (χ1n) is 8.65. The van der Waals surface area contributed by atoms with Crippen molar-refractivity contribution < 1.29 is 22.8 Å². The molecule has 1 aromatic heterocycles. The minimum atomic E-state index is -4.59. The normalized spacial score (nSPS) is 12.0. The Morgan fingerprint density at radius 2 is 1.82 bits per heavy atom. The van der Waals surface area contributed by atoms with Gasteiger partial charge in [0.15, 0.2) is 0 Å². The Kier molecular flexibility index (Phi) is 6.48. The Morgan fingerprint density at radius 3 is 2.36 bits per heavy atom. The molecular weight excluding hydrogens is 391 g/mol. The summed E-state index contributed by atoms with van der Waals surface area (Å²) in [6.07, 6.45) is -3.12. The van der Waals surface area contributed by atoms with Crippen molar-refractivity contribution in [1.29, 1.82) is 0 Å². The van der Waals surface area contributed by atoms with Crippen LogP contribution in [0, 0.1) is 0 Å². The van der Waals surface area contributed by atoms with Crippen molar-refractivity contribution in [2.45, 2.75) is 39.3 Å². The van der Waals surface area contributed by atoms with Crippen molar-refractivity contribution >= 4 is 28.8 Å². The highest BCUT2D eigenvalue weighted by Gasteiger charge is 2.33. The number of para-hydroxylation sites is 1. The third-order valence-corrected chi connectivity index (χ3v) is 5.28. The summed E-state index contributed by atoms with van der Waals surface area (Å²) in [4.78, 5) is 30.9. The molecule has 1 heterocycles. The molecule has 2 aromatic rings. The molecule has 28 heavy (non-hydrogen) atoms. The lowest BCUT2D eigenvalue weighted by molar-refractivity contribution is -0.137. The van der Waals surface area contributed by atoms with Crippen molar-refractivity contribution in [2.24, 2.45) is 0 Å². The van der Waals surface area contributed by atoms with Crippen LogP contribution >= 0.6 is 11.3 Å². The molecule has 0 bridgehead atoms. The summed E-state index contributed by atoms with van der Waals surface area (Å²) in [5, 5.41) is 3.04. The molecule has 152 valence electrons. The SMILES string of the molecule is CCN(CC(=O)Nc1ccccc1C(F)(F)F)C(=O)c1cnc(C(C)(C)C)s1. The topological polar surface area (TPSA) is 62.3 Å². The minimum absolute atomic E-state index is 0.209. The van der Waals surface area contributed by atoms with Crippen molar-refractivity contribution in [3.63, 3.8) is 0 Å². The van der Waals surface area contributed by atoms with Crippen LogP contribution in [0.5, 0.6) is 0 Å². The number of hydrogen-bond acceptors (Lipinski definition) is 4. The maximum Gasteiger partial charge on any atom is 0.418 e. The van der Waals surface area contributed by atoms with E-state index in [9.17, 15) is 22.8 Å². The summed E-state index contributed by atoms with van der Waals surface area (Å²) in [6, 6.07) is 4.72. The fraction of sp³-hybridized carbons (Fsp3) is 0.421. The summed E-state index contributed by atoms with van der Waals surface area (Å²) in [5.74, 6) is -1.08. The van der Waals surface area contributed by atoms with Gasteiger partial charge in [-0.1, -0.05) is 32.9 Å². The maximum atomic E-state index is 13.1. The van der Waals surface area contributed by atoms with Gasteiger partial charge in [-0.3, -0.25) is 9.59 Å². The zero-order chi connectivity index (χ0) is 21.1. The second-order valence-electron chi connectivity index (χ2n) is 7.19. The van der Waals surface area contributed by atoms with E-state index in [1.54, 1.807) is 6.92 Å². The van der Waals surface area contributed by atoms with Crippen LogP contribution in [0.3, 0.4) is 0 Å². The van der Waals surface area contributed by atoms with E-state index in [0.717, 1.165) is 11.1 Å². The predicted octanol–water partition coefficient (Wildman–Crippen LogP) is 4.56. The number of amides is 2. The van der Waals surface area contributed by atoms with Gasteiger partial charge in [0.2, 0.25) is 5.91 Å². The molecule has 5 nitrogen and oxygen atoms in total. The molecular formula is C19H22F3N3O2S. The molecule has 2 amide bonds. The number of carbonyl (C=O) groups excluding carboxylic acids is 2. The summed E-state index contributed by atoms with van der Waals surface area (Å²) in [5.41, 5.74) is -1.48. The molecule has 0 aliphatic heterocycles. The molecule has 0 fully saturated rings. The number of thiazole rings is 1. The number of benzene rings is 1. The molecule has 1 aromatic carbocycles. The third kappa shape index (κ3) is 5.31. The van der Waals surface area contributed by atoms with Crippen molar-refractivity contribution in [1.82, 2.24) is 9.88 Å². The highest BCUT2D eigenvalue weighted by atomic mass is 32.1. The molecule has 0 unspecified atom stereocenters. The van der Waals surface area contributed by atoms with Crippen LogP contribution in [-0.2, 0) is 16.4 Å². The fourth-order valence-corrected chi connectivity index (χ4v) is 3.35. The first kappa shape index (κ1) is 21.9. The van der Waals surface area contributed by atoms with Gasteiger partial charge < -0.3 is 10.2 Å². The number of likely N-dealkylation sites (N-methyl/N-ethyl adjacent to an activating group) is 1. The molecule has 0 aliphatic carbocycles. The van der Waals surface area contributed by atoms with Crippen molar-refractivity contribution in [3.8, 4) is 0 Å². The summed E-state index contributed by atoms with van der Waals surface area (Å²) in [7, 11) is 0. The van der Waals surface area contributed by atoms with E-state index in [0.29, 0.717) is 4.88 Å². The van der Waals surface area contributed by atoms with Gasteiger partial charge in [0.1, 0.15) is 11.4 Å². The standard InChI is InChI=1S/C19H22F3N3O2S/c1-5-25(16(27)14-10-23-17(28-14)18(2,3)4)11-15(26)24-13-9-7-6-8-12(13)19(20,21)22/h6-10H,5,11H2,1-4H3,(H,24,26). The van der Waals surface area contributed by atoms with E-state index >= 15 is 0 Å². The maximum absolute atomic E-state index is 13.1. The van der Waals surface area contributed by atoms with Crippen LogP contribution in [0.4, 0.5) is 18.9 Å². The zero-order valence-electron chi connectivity index (χ0n) is 16.1. The Labute approximate surface area is 165 Å². The van der Waals surface area contributed by atoms with Crippen LogP contribution in [0.1, 0.15) is 47.9 Å². The van der Waals surface area contributed by atoms with Crippen LogP contribution in [-0.4, -0.2) is 34.8 Å². The Morgan fingerprint density at radius 1 is 1.18 bits per heavy atom. The number of nitrogens with zero attached hydrogens (tertiary/aromatic N) is 2. The van der Waals surface area contributed by atoms with E-state index in [4.69, 9.17) is 0 Å². The van der Waals surface area contributed by atoms with E-state index in [2.05, 4.69) is 10.3 Å². The van der Waals surface area contributed by atoms with Gasteiger partial charge in [-0.25, -0.2) is 4.98 Å². The molecule has 0 saturated heterocycles. The largest absolute Gasteiger partial charge is 0.418 e. The number of anilines is 1. The predicted molar refractivity (Wildman–Crippen MR) is 102 cm³/mol. The molecule has 2 rings (SSSR count). The number of nitrogens with one attached hydrogen (secondary N) is 1. The molecule has 0 spiro atoms. The fourth-order valence-electron chi connectivity index (χ4n) is 2.41. The Bertz CT molecular complexity index is 857. The second kappa shape index (κ2) is 8.30. The second-order valence-corrected chi connectivity index (χ2v) is 8.22. The van der Waals surface area contributed by atoms with Crippen molar-refractivity contribution in [2.75, 3.05) is 18.4 Å². The van der Waals surface area contributed by atoms with Gasteiger partial charge in [-0.2, -0.15) is 13.2 Å². The van der Waals surface area contributed by atoms with Gasteiger partial charge in [0, 0.05) is 12.0 Å². The molecule has 1 N–H and O–H groups in total. The van der Waals surface area contributed by atoms with E-state index in [1.165, 1.54) is 40.6 Å². The number of alkyl halides is 3. The van der Waals surface area contributed by atoms with E-state index < -0.39 is 17.6 Å². The van der Waals surface area contributed by atoms with Gasteiger partial charge >= 0.3 is 6.18 Å². The molecule has 0 radical (unpaired) electrons. The first-order chi connectivity index (χ1) is 12.9. The minimum Gasteiger partial charge on any atom is -0.329 e. The van der Waals surface area contributed by atoms with Crippen LogP contribution < -0.4 is 5.32 Å². The molecule has 0 aliphatic rings. The Balaban J connectivity index is 2.12. The highest BCUT2D eigenvalue weighted by molar-refractivity contribution is 7.13. The number of carbonyl (C=O) groups is 2. The monoisotopic (exact) mass is 413 g/mol. The van der Waals surface area contributed by atoms with Gasteiger partial charge in [0.05, 0.1) is 22.5 Å². The van der Waals surface area contributed by atoms with Gasteiger partial charge in [-0.15, -0.1) is 11.3 Å². The molecule has 0 atom stereocenters. The van der Waals surface area contributed by atoms with Gasteiger partial charge in [0.25, 0.3) is 5.91 Å². The average Bonchev–Trinajstić information content (AvgIpc) is 3.09. The Hall–Kier alpha value is -2.42. The van der Waals surface area contributed by atoms with E-state index in [-0.39, 0.29) is 30.1 Å². The molecule has 0 saturated carbocycles. The lowest BCUT2D eigenvalue weighted by Gasteiger charge is -2.20. The zero-order valence-corrected chi connectivity index (χ0v) is 16.9. The summed E-state index contributed by atoms with van der Waals surface area (Å²) >= 11 is 1.25. The lowest BCUT2D eigenvalue weighted by Crippen LogP contribution is -2.37. The number of halogens is 3. The number of aromatic nitrogens is 1. The first-order valence-corrected chi connectivity index (χ1v) is 9.46. The summed E-state index contributed by atoms with van der Waals surface area (Å²) < 4.78 is 39.2. The lowest BCUT2D eigenvalue weighted by atomic mass is 9.98. The smallest absolute Gasteiger partial charge is 0.329 e. The van der Waals surface area contributed by atoms with Gasteiger partial charge in [-0.05, 0) is 19.1 Å². The van der Waals surface area contributed by atoms with Crippen molar-refractivity contribution in [3.05, 3.63) is 45.9 Å². The number of hydrogen-bond donors (Lipinski definition) is 1. The average molecular weight is 413 g/mol. The summed E-state index contributed by atoms with van der Waals surface area (Å²) in [6.45, 7) is 7.50. The van der Waals surface area contributed by atoms with E-state index in [1.807, 2.05) is 20.8 Å². The molecule has 9 heteroatoms. The van der Waals surface area contributed by atoms with Crippen LogP contribution in [0.15, 0.2) is 30.5 Å².